The minimum Gasteiger partial charge on any atom is -0.351 e. The van der Waals surface area contributed by atoms with Crippen LogP contribution in [0.2, 0.25) is 0 Å². The summed E-state index contributed by atoms with van der Waals surface area (Å²) in [6, 6.07) is 15.9. The van der Waals surface area contributed by atoms with Gasteiger partial charge in [-0.05, 0) is 49.9 Å². The summed E-state index contributed by atoms with van der Waals surface area (Å²) in [6.45, 7) is 5.55. The van der Waals surface area contributed by atoms with Gasteiger partial charge in [-0.1, -0.05) is 41.6 Å². The van der Waals surface area contributed by atoms with Crippen LogP contribution in [0, 0.1) is 13.8 Å². The van der Waals surface area contributed by atoms with E-state index in [-0.39, 0.29) is 11.8 Å². The number of rotatable bonds is 3. The van der Waals surface area contributed by atoms with Crippen LogP contribution in [-0.4, -0.2) is 39.0 Å². The Kier molecular flexibility index (Phi) is 4.62. The Morgan fingerprint density at radius 2 is 1.87 bits per heavy atom. The second-order valence-electron chi connectivity index (χ2n) is 8.04. The molecule has 0 radical (unpaired) electrons. The molecule has 3 heterocycles. The Morgan fingerprint density at radius 3 is 2.63 bits per heavy atom. The number of benzene rings is 2. The maximum absolute atomic E-state index is 13.0. The topological polar surface area (TPSA) is 75.0 Å². The van der Waals surface area contributed by atoms with Crippen LogP contribution in [0.15, 0.2) is 53.1 Å². The van der Waals surface area contributed by atoms with Crippen LogP contribution >= 0.6 is 0 Å². The highest BCUT2D eigenvalue weighted by Gasteiger charge is 2.29. The molecule has 1 amide bonds. The van der Waals surface area contributed by atoms with E-state index >= 15 is 0 Å². The Hall–Kier alpha value is -3.41. The van der Waals surface area contributed by atoms with Crippen molar-refractivity contribution in [3.05, 3.63) is 71.2 Å². The van der Waals surface area contributed by atoms with Gasteiger partial charge in [-0.2, -0.15) is 4.98 Å². The first-order chi connectivity index (χ1) is 14.6. The van der Waals surface area contributed by atoms with E-state index in [0.717, 1.165) is 29.3 Å². The van der Waals surface area contributed by atoms with E-state index in [4.69, 9.17) is 4.52 Å². The van der Waals surface area contributed by atoms with Crippen LogP contribution in [-0.2, 0) is 0 Å². The first-order valence-electron chi connectivity index (χ1n) is 10.4. The third-order valence-corrected chi connectivity index (χ3v) is 6.18. The number of nitrogens with one attached hydrogen (secondary N) is 1. The van der Waals surface area contributed by atoms with Crippen molar-refractivity contribution >= 4 is 16.8 Å². The molecule has 5 rings (SSSR count). The highest BCUT2D eigenvalue weighted by atomic mass is 16.5. The van der Waals surface area contributed by atoms with Crippen LogP contribution in [0.3, 0.4) is 0 Å². The normalized spacial score (nSPS) is 15.1. The molecule has 152 valence electrons. The van der Waals surface area contributed by atoms with Crippen LogP contribution in [0.1, 0.15) is 46.3 Å². The van der Waals surface area contributed by atoms with Crippen LogP contribution in [0.25, 0.3) is 22.3 Å². The van der Waals surface area contributed by atoms with Crippen molar-refractivity contribution in [2.45, 2.75) is 32.6 Å². The highest BCUT2D eigenvalue weighted by molar-refractivity contribution is 5.99. The Morgan fingerprint density at radius 1 is 1.10 bits per heavy atom. The van der Waals surface area contributed by atoms with Crippen LogP contribution in [0.4, 0.5) is 0 Å². The first kappa shape index (κ1) is 18.6. The van der Waals surface area contributed by atoms with Crippen molar-refractivity contribution in [1.29, 1.82) is 0 Å². The second kappa shape index (κ2) is 7.44. The van der Waals surface area contributed by atoms with E-state index in [1.165, 1.54) is 11.1 Å². The molecule has 1 aliphatic rings. The van der Waals surface area contributed by atoms with Gasteiger partial charge in [0.1, 0.15) is 5.69 Å². The molecule has 0 atom stereocenters. The number of carbonyl (C=O) groups excluding carboxylic acids is 1. The number of aryl methyl sites for hydroxylation is 2. The molecule has 1 N–H and O–H groups in total. The predicted octanol–water partition coefficient (Wildman–Crippen LogP) is 4.85. The van der Waals surface area contributed by atoms with Crippen molar-refractivity contribution in [1.82, 2.24) is 20.0 Å². The van der Waals surface area contributed by atoms with Gasteiger partial charge in [0.05, 0.1) is 0 Å². The number of carbonyl (C=O) groups is 1. The number of aromatic amines is 1. The molecule has 1 fully saturated rings. The molecule has 2 aromatic heterocycles. The van der Waals surface area contributed by atoms with Gasteiger partial charge in [0.25, 0.3) is 5.91 Å². The van der Waals surface area contributed by atoms with E-state index in [0.29, 0.717) is 30.5 Å². The number of amides is 1. The Labute approximate surface area is 174 Å². The molecule has 0 saturated carbocycles. The molecular weight excluding hydrogens is 376 g/mol. The zero-order chi connectivity index (χ0) is 20.7. The van der Waals surface area contributed by atoms with Crippen molar-refractivity contribution in [3.63, 3.8) is 0 Å². The van der Waals surface area contributed by atoms with Crippen LogP contribution < -0.4 is 0 Å². The highest BCUT2D eigenvalue weighted by Crippen LogP contribution is 2.30. The molecule has 0 bridgehead atoms. The van der Waals surface area contributed by atoms with Gasteiger partial charge in [0.2, 0.25) is 11.7 Å². The van der Waals surface area contributed by atoms with E-state index in [1.54, 1.807) is 0 Å². The van der Waals surface area contributed by atoms with Crippen molar-refractivity contribution in [2.24, 2.45) is 0 Å². The number of H-pyrrole nitrogens is 1. The van der Waals surface area contributed by atoms with E-state index < -0.39 is 0 Å². The zero-order valence-electron chi connectivity index (χ0n) is 17.2. The van der Waals surface area contributed by atoms with Crippen molar-refractivity contribution in [3.8, 4) is 11.4 Å². The fourth-order valence-electron chi connectivity index (χ4n) is 4.18. The third kappa shape index (κ3) is 3.28. The molecular formula is C24H24N4O2. The smallest absolute Gasteiger partial charge is 0.270 e. The third-order valence-electron chi connectivity index (χ3n) is 6.18. The maximum Gasteiger partial charge on any atom is 0.270 e. The quantitative estimate of drug-likeness (QED) is 0.533. The zero-order valence-corrected chi connectivity index (χ0v) is 17.2. The largest absolute Gasteiger partial charge is 0.351 e. The van der Waals surface area contributed by atoms with E-state index in [2.05, 4.69) is 35.0 Å². The van der Waals surface area contributed by atoms with Gasteiger partial charge in [-0.25, -0.2) is 0 Å². The molecule has 1 saturated heterocycles. The molecule has 0 spiro atoms. The monoisotopic (exact) mass is 400 g/mol. The molecule has 6 nitrogen and oxygen atoms in total. The Bertz CT molecular complexity index is 1200. The standard InChI is InChI=1S/C24H24N4O2/c1-15-8-9-20-19(16(15)2)14-21(25-20)24(29)28-12-10-18(11-13-28)23-26-22(27-30-23)17-6-4-3-5-7-17/h3-9,14,18,25H,10-13H2,1-2H3. The number of hydrogen-bond donors (Lipinski definition) is 1. The number of likely N-dealkylation sites (tertiary alicyclic amines) is 1. The average Bonchev–Trinajstić information content (AvgIpc) is 3.45. The van der Waals surface area contributed by atoms with Gasteiger partial charge in [0, 0.05) is 35.5 Å². The lowest BCUT2D eigenvalue weighted by Gasteiger charge is -2.30. The van der Waals surface area contributed by atoms with Gasteiger partial charge in [0.15, 0.2) is 0 Å². The van der Waals surface area contributed by atoms with Crippen molar-refractivity contribution < 1.29 is 9.32 Å². The predicted molar refractivity (Wildman–Crippen MR) is 115 cm³/mol. The number of aromatic nitrogens is 3. The summed E-state index contributed by atoms with van der Waals surface area (Å²) in [6.07, 6.45) is 1.64. The number of nitrogens with zero attached hydrogens (tertiary/aromatic N) is 3. The fraction of sp³-hybridized carbons (Fsp3) is 0.292. The van der Waals surface area contributed by atoms with Gasteiger partial charge in [-0.15, -0.1) is 0 Å². The first-order valence-corrected chi connectivity index (χ1v) is 10.4. The number of piperidine rings is 1. The summed E-state index contributed by atoms with van der Waals surface area (Å²) in [5.41, 5.74) is 5.06. The molecule has 4 aromatic rings. The summed E-state index contributed by atoms with van der Waals surface area (Å²) in [7, 11) is 0. The molecule has 1 aliphatic heterocycles. The molecule has 2 aromatic carbocycles. The minimum atomic E-state index is 0.0530. The summed E-state index contributed by atoms with van der Waals surface area (Å²) < 4.78 is 5.53. The number of hydrogen-bond acceptors (Lipinski definition) is 4. The van der Waals surface area contributed by atoms with E-state index in [1.807, 2.05) is 47.4 Å². The van der Waals surface area contributed by atoms with Crippen LogP contribution in [0.5, 0.6) is 0 Å². The molecule has 0 aliphatic carbocycles. The lowest BCUT2D eigenvalue weighted by molar-refractivity contribution is 0.0699. The van der Waals surface area contributed by atoms with Crippen molar-refractivity contribution in [2.75, 3.05) is 13.1 Å². The number of fused-ring (bicyclic) bond motifs is 1. The maximum atomic E-state index is 13.0. The van der Waals surface area contributed by atoms with Gasteiger partial charge >= 0.3 is 0 Å². The molecule has 0 unspecified atom stereocenters. The van der Waals surface area contributed by atoms with E-state index in [9.17, 15) is 4.79 Å². The summed E-state index contributed by atoms with van der Waals surface area (Å²) in [5.74, 6) is 1.52. The second-order valence-corrected chi connectivity index (χ2v) is 8.04. The van der Waals surface area contributed by atoms with Gasteiger partial charge < -0.3 is 14.4 Å². The Balaban J connectivity index is 1.28. The lowest BCUT2D eigenvalue weighted by atomic mass is 9.96. The fourth-order valence-corrected chi connectivity index (χ4v) is 4.18. The summed E-state index contributed by atoms with van der Waals surface area (Å²) >= 11 is 0. The lowest BCUT2D eigenvalue weighted by Crippen LogP contribution is -2.38. The average molecular weight is 400 g/mol. The molecule has 6 heteroatoms. The minimum absolute atomic E-state index is 0.0530. The SMILES string of the molecule is Cc1ccc2[nH]c(C(=O)N3CCC(c4nc(-c5ccccc5)no4)CC3)cc2c1C. The van der Waals surface area contributed by atoms with Gasteiger partial charge in [-0.3, -0.25) is 4.79 Å². The summed E-state index contributed by atoms with van der Waals surface area (Å²) in [4.78, 5) is 22.8. The summed E-state index contributed by atoms with van der Waals surface area (Å²) in [5, 5.41) is 5.25. The molecule has 30 heavy (non-hydrogen) atoms.